The molecule has 1 aliphatic carbocycles. The molecule has 3 aliphatic heterocycles. The van der Waals surface area contributed by atoms with Crippen molar-refractivity contribution < 1.29 is 17.7 Å². The average molecular weight is 397 g/mol. The van der Waals surface area contributed by atoms with E-state index in [2.05, 4.69) is 20.8 Å². The first kappa shape index (κ1) is 18.1. The molecule has 1 N–H and O–H groups in total. The summed E-state index contributed by atoms with van der Waals surface area (Å²) in [5.41, 5.74) is 0.884. The molecule has 1 aromatic heterocycles. The monoisotopic (exact) mass is 396 g/mol. The summed E-state index contributed by atoms with van der Waals surface area (Å²) in [7, 11) is -0.308. The molecule has 4 fully saturated rings. The molecular formula is C18H28N4O4S. The van der Waals surface area contributed by atoms with Gasteiger partial charge < -0.3 is 9.26 Å². The van der Waals surface area contributed by atoms with Crippen molar-refractivity contribution in [1.82, 2.24) is 19.1 Å². The van der Waals surface area contributed by atoms with E-state index >= 15 is 0 Å². The van der Waals surface area contributed by atoms with Crippen LogP contribution in [0.4, 0.5) is 0 Å². The number of hydrogen-bond acceptors (Lipinski definition) is 6. The molecule has 3 saturated heterocycles. The first-order valence-corrected chi connectivity index (χ1v) is 11.3. The van der Waals surface area contributed by atoms with E-state index in [9.17, 15) is 8.42 Å². The molecule has 27 heavy (non-hydrogen) atoms. The molecule has 4 aliphatic rings. The topological polar surface area (TPSA) is 87.9 Å². The predicted molar refractivity (Wildman–Crippen MR) is 98.2 cm³/mol. The Morgan fingerprint density at radius 2 is 2.19 bits per heavy atom. The fourth-order valence-electron chi connectivity index (χ4n) is 5.20. The number of likely N-dealkylation sites (tertiary alicyclic amines) is 1. The van der Waals surface area contributed by atoms with Crippen LogP contribution < -0.4 is 4.72 Å². The second kappa shape index (κ2) is 6.25. The van der Waals surface area contributed by atoms with Crippen molar-refractivity contribution in [3.63, 3.8) is 0 Å². The third-order valence-corrected chi connectivity index (χ3v) is 8.27. The molecule has 0 radical (unpaired) electrons. The summed E-state index contributed by atoms with van der Waals surface area (Å²) in [6.45, 7) is 3.05. The molecule has 1 saturated carbocycles. The minimum atomic E-state index is -3.40. The van der Waals surface area contributed by atoms with Gasteiger partial charge in [0.2, 0.25) is 0 Å². The van der Waals surface area contributed by atoms with Crippen LogP contribution in [0.1, 0.15) is 43.1 Å². The van der Waals surface area contributed by atoms with Crippen LogP contribution in [-0.2, 0) is 21.5 Å². The molecule has 1 aromatic rings. The highest BCUT2D eigenvalue weighted by Gasteiger charge is 2.62. The van der Waals surface area contributed by atoms with E-state index in [1.807, 2.05) is 0 Å². The molecule has 9 heteroatoms. The highest BCUT2D eigenvalue weighted by molar-refractivity contribution is 7.87. The molecule has 1 spiro atoms. The summed E-state index contributed by atoms with van der Waals surface area (Å²) in [5, 5.41) is 4.25. The fourth-order valence-corrected chi connectivity index (χ4v) is 5.86. The van der Waals surface area contributed by atoms with Crippen molar-refractivity contribution in [2.75, 3.05) is 33.7 Å². The second-order valence-electron chi connectivity index (χ2n) is 8.83. The summed E-state index contributed by atoms with van der Waals surface area (Å²) in [6.07, 6.45) is 4.69. The van der Waals surface area contributed by atoms with Crippen molar-refractivity contribution in [2.24, 2.45) is 11.8 Å². The third-order valence-electron chi connectivity index (χ3n) is 6.78. The van der Waals surface area contributed by atoms with E-state index in [0.717, 1.165) is 43.9 Å². The lowest BCUT2D eigenvalue weighted by molar-refractivity contribution is 0.00204. The number of hydrogen-bond donors (Lipinski definition) is 1. The van der Waals surface area contributed by atoms with Gasteiger partial charge in [0.05, 0.1) is 17.4 Å². The van der Waals surface area contributed by atoms with Crippen molar-refractivity contribution in [3.05, 3.63) is 17.5 Å². The van der Waals surface area contributed by atoms with Crippen molar-refractivity contribution in [1.29, 1.82) is 0 Å². The van der Waals surface area contributed by atoms with Gasteiger partial charge in [-0.15, -0.1) is 0 Å². The largest absolute Gasteiger partial charge is 0.370 e. The van der Waals surface area contributed by atoms with E-state index in [-0.39, 0.29) is 17.6 Å². The molecule has 0 amide bonds. The standard InChI is InChI=1S/C18H28N4O4S/c1-21(2)27(23,24)19-8-14-15-10-22(11-18(15)6-5-16(14)25-18)9-13-7-17(26-20-13)12-3-4-12/h7,12,14-16,19H,3-6,8-11H2,1-2H3/t14-,15+,16+,18+/m0/s1. The molecule has 4 atom stereocenters. The van der Waals surface area contributed by atoms with E-state index < -0.39 is 10.2 Å². The van der Waals surface area contributed by atoms with Gasteiger partial charge in [-0.3, -0.25) is 4.90 Å². The Kier molecular flexibility index (Phi) is 4.18. The van der Waals surface area contributed by atoms with Crippen molar-refractivity contribution >= 4 is 10.2 Å². The summed E-state index contributed by atoms with van der Waals surface area (Å²) in [5.74, 6) is 2.21. The Balaban J connectivity index is 1.25. The van der Waals surface area contributed by atoms with Crippen molar-refractivity contribution in [3.8, 4) is 0 Å². The van der Waals surface area contributed by atoms with Gasteiger partial charge in [0.25, 0.3) is 10.2 Å². The summed E-state index contributed by atoms with van der Waals surface area (Å²) < 4.78 is 40.1. The Hall–Kier alpha value is -1.00. The van der Waals surface area contributed by atoms with Gasteiger partial charge in [0.15, 0.2) is 0 Å². The van der Waals surface area contributed by atoms with Crippen LogP contribution >= 0.6 is 0 Å². The van der Waals surface area contributed by atoms with Gasteiger partial charge in [0, 0.05) is 64.1 Å². The molecule has 0 aromatic carbocycles. The lowest BCUT2D eigenvalue weighted by Crippen LogP contribution is -2.44. The van der Waals surface area contributed by atoms with E-state index in [1.54, 1.807) is 14.1 Å². The smallest absolute Gasteiger partial charge is 0.278 e. The Labute approximate surface area is 160 Å². The quantitative estimate of drug-likeness (QED) is 0.738. The third kappa shape index (κ3) is 3.13. The predicted octanol–water partition coefficient (Wildman–Crippen LogP) is 0.927. The molecule has 2 bridgehead atoms. The molecule has 0 unspecified atom stereocenters. The van der Waals surface area contributed by atoms with Crippen molar-refractivity contribution in [2.45, 2.75) is 49.9 Å². The second-order valence-corrected chi connectivity index (χ2v) is 10.8. The maximum atomic E-state index is 12.1. The number of rotatable bonds is 7. The number of nitrogens with one attached hydrogen (secondary N) is 1. The zero-order valence-corrected chi connectivity index (χ0v) is 16.7. The van der Waals surface area contributed by atoms with Gasteiger partial charge in [-0.2, -0.15) is 12.7 Å². The Bertz CT molecular complexity index is 821. The Morgan fingerprint density at radius 1 is 1.37 bits per heavy atom. The highest BCUT2D eigenvalue weighted by Crippen LogP contribution is 2.54. The first-order chi connectivity index (χ1) is 12.9. The van der Waals surface area contributed by atoms with Gasteiger partial charge >= 0.3 is 0 Å². The average Bonchev–Trinajstić information content (AvgIpc) is 2.97. The minimum absolute atomic E-state index is 0.109. The molecule has 4 heterocycles. The van der Waals surface area contributed by atoms with Crippen LogP contribution in [0.3, 0.4) is 0 Å². The molecule has 150 valence electrons. The molecule has 8 nitrogen and oxygen atoms in total. The van der Waals surface area contributed by atoms with E-state index in [4.69, 9.17) is 9.26 Å². The number of aromatic nitrogens is 1. The van der Waals surface area contributed by atoms with Crippen LogP contribution in [0, 0.1) is 11.8 Å². The van der Waals surface area contributed by atoms with Crippen LogP contribution in [0.15, 0.2) is 10.6 Å². The van der Waals surface area contributed by atoms with Gasteiger partial charge in [-0.1, -0.05) is 5.16 Å². The van der Waals surface area contributed by atoms with E-state index in [1.165, 1.54) is 17.1 Å². The fraction of sp³-hybridized carbons (Fsp3) is 0.833. The van der Waals surface area contributed by atoms with Crippen LogP contribution in [0.5, 0.6) is 0 Å². The van der Waals surface area contributed by atoms with Crippen LogP contribution in [-0.4, -0.2) is 68.2 Å². The summed E-state index contributed by atoms with van der Waals surface area (Å²) >= 11 is 0. The lowest BCUT2D eigenvalue weighted by Gasteiger charge is -2.29. The maximum Gasteiger partial charge on any atom is 0.278 e. The Morgan fingerprint density at radius 3 is 2.93 bits per heavy atom. The van der Waals surface area contributed by atoms with Crippen LogP contribution in [0.25, 0.3) is 0 Å². The maximum absolute atomic E-state index is 12.1. The zero-order chi connectivity index (χ0) is 18.8. The normalized spacial score (nSPS) is 36.0. The summed E-state index contributed by atoms with van der Waals surface area (Å²) in [4.78, 5) is 2.40. The van der Waals surface area contributed by atoms with Crippen LogP contribution in [0.2, 0.25) is 0 Å². The zero-order valence-electron chi connectivity index (χ0n) is 15.9. The summed E-state index contributed by atoms with van der Waals surface area (Å²) in [6, 6.07) is 2.10. The highest BCUT2D eigenvalue weighted by atomic mass is 32.2. The van der Waals surface area contributed by atoms with Gasteiger partial charge in [-0.25, -0.2) is 4.72 Å². The minimum Gasteiger partial charge on any atom is -0.370 e. The van der Waals surface area contributed by atoms with Gasteiger partial charge in [0.1, 0.15) is 5.76 Å². The number of fused-ring (bicyclic) bond motifs is 1. The lowest BCUT2D eigenvalue weighted by atomic mass is 9.74. The SMILES string of the molecule is CN(C)S(=O)(=O)NC[C@H]1[C@H]2CN(Cc3cc(C4CC4)on3)C[C@]23CC[C@H]1O3. The molecule has 5 rings (SSSR count). The van der Waals surface area contributed by atoms with Gasteiger partial charge in [-0.05, 0) is 25.7 Å². The molecular weight excluding hydrogens is 368 g/mol. The first-order valence-electron chi connectivity index (χ1n) is 9.89. The van der Waals surface area contributed by atoms with E-state index in [0.29, 0.717) is 18.4 Å². The number of ether oxygens (including phenoxy) is 1. The number of nitrogens with zero attached hydrogens (tertiary/aromatic N) is 3.